The van der Waals surface area contributed by atoms with Crippen LogP contribution in [0.15, 0.2) is 23.1 Å². The molecule has 3 N–H and O–H groups in total. The molecule has 0 spiro atoms. The summed E-state index contributed by atoms with van der Waals surface area (Å²) in [6.45, 7) is 7.10. The van der Waals surface area contributed by atoms with Crippen LogP contribution in [-0.4, -0.2) is 55.3 Å². The summed E-state index contributed by atoms with van der Waals surface area (Å²) >= 11 is 5.82. The van der Waals surface area contributed by atoms with E-state index in [0.717, 1.165) is 6.07 Å². The van der Waals surface area contributed by atoms with E-state index in [2.05, 4.69) is 5.32 Å². The number of sulfonamides is 1. The second-order valence-corrected chi connectivity index (χ2v) is 10.0. The number of benzene rings is 1. The maximum atomic E-state index is 12.8. The fraction of sp³-hybridized carbons (Fsp3) is 0.526. The van der Waals surface area contributed by atoms with E-state index in [1.807, 2.05) is 0 Å². The molecule has 166 valence electrons. The maximum absolute atomic E-state index is 12.8. The Morgan fingerprint density at radius 3 is 2.50 bits per heavy atom. The molecule has 1 aliphatic heterocycles. The Labute approximate surface area is 180 Å². The van der Waals surface area contributed by atoms with E-state index in [1.165, 1.54) is 24.0 Å². The Morgan fingerprint density at radius 2 is 1.93 bits per heavy atom. The molecule has 0 aromatic heterocycles. The first-order valence-electron chi connectivity index (χ1n) is 9.37. The average molecular weight is 460 g/mol. The standard InChI is InChI=1S/C19H26ClN3O6S/c1-11(17(25)23-9-5-6-14(23)18(26)29-19(2,3)4)22-16(24)12-7-8-13(20)15(10-12)30(21,27)28/h7-8,10-11,14H,5-6,9H2,1-4H3,(H,22,24)(H2,21,27,28)/t11-,14-/m0/s1. The van der Waals surface area contributed by atoms with Crippen LogP contribution in [0.1, 0.15) is 50.9 Å². The molecule has 30 heavy (non-hydrogen) atoms. The van der Waals surface area contributed by atoms with Crippen molar-refractivity contribution in [1.82, 2.24) is 10.2 Å². The van der Waals surface area contributed by atoms with E-state index < -0.39 is 45.5 Å². The Morgan fingerprint density at radius 1 is 1.30 bits per heavy atom. The topological polar surface area (TPSA) is 136 Å². The fourth-order valence-electron chi connectivity index (χ4n) is 3.10. The van der Waals surface area contributed by atoms with Gasteiger partial charge in [-0.2, -0.15) is 0 Å². The number of primary sulfonamides is 1. The highest BCUT2D eigenvalue weighted by atomic mass is 35.5. The van der Waals surface area contributed by atoms with Crippen LogP contribution in [0.4, 0.5) is 0 Å². The van der Waals surface area contributed by atoms with Crippen LogP contribution in [0, 0.1) is 0 Å². The van der Waals surface area contributed by atoms with Crippen molar-refractivity contribution in [2.45, 2.75) is 63.1 Å². The molecule has 0 unspecified atom stereocenters. The van der Waals surface area contributed by atoms with Crippen molar-refractivity contribution in [3.05, 3.63) is 28.8 Å². The molecule has 0 radical (unpaired) electrons. The molecule has 0 aliphatic carbocycles. The summed E-state index contributed by atoms with van der Waals surface area (Å²) < 4.78 is 28.6. The van der Waals surface area contributed by atoms with E-state index in [9.17, 15) is 22.8 Å². The van der Waals surface area contributed by atoms with Crippen LogP contribution in [0.2, 0.25) is 5.02 Å². The van der Waals surface area contributed by atoms with E-state index in [-0.39, 0.29) is 15.5 Å². The number of nitrogens with one attached hydrogen (secondary N) is 1. The molecular weight excluding hydrogens is 434 g/mol. The monoisotopic (exact) mass is 459 g/mol. The number of hydrogen-bond donors (Lipinski definition) is 2. The zero-order valence-electron chi connectivity index (χ0n) is 17.3. The highest BCUT2D eigenvalue weighted by molar-refractivity contribution is 7.89. The van der Waals surface area contributed by atoms with Crippen LogP contribution >= 0.6 is 11.6 Å². The Balaban J connectivity index is 2.12. The number of ether oxygens (including phenoxy) is 1. The molecule has 1 fully saturated rings. The molecular formula is C19H26ClN3O6S. The predicted octanol–water partition coefficient (Wildman–Crippen LogP) is 1.44. The molecule has 1 aromatic rings. The second-order valence-electron chi connectivity index (χ2n) is 8.11. The molecule has 11 heteroatoms. The molecule has 2 amide bonds. The molecule has 9 nitrogen and oxygen atoms in total. The summed E-state index contributed by atoms with van der Waals surface area (Å²) in [6.07, 6.45) is 1.13. The van der Waals surface area contributed by atoms with Crippen molar-refractivity contribution >= 4 is 39.4 Å². The van der Waals surface area contributed by atoms with Gasteiger partial charge in [-0.05, 0) is 58.7 Å². The Kier molecular flexibility index (Phi) is 7.16. The lowest BCUT2D eigenvalue weighted by Gasteiger charge is -2.29. The molecule has 1 aromatic carbocycles. The van der Waals surface area contributed by atoms with Gasteiger partial charge in [0.25, 0.3) is 5.91 Å². The quantitative estimate of drug-likeness (QED) is 0.639. The number of nitrogens with two attached hydrogens (primary N) is 1. The fourth-order valence-corrected chi connectivity index (χ4v) is 4.17. The highest BCUT2D eigenvalue weighted by Gasteiger charge is 2.38. The third-order valence-electron chi connectivity index (χ3n) is 4.43. The van der Waals surface area contributed by atoms with E-state index in [1.54, 1.807) is 20.8 Å². The lowest BCUT2D eigenvalue weighted by atomic mass is 10.1. The van der Waals surface area contributed by atoms with Crippen molar-refractivity contribution in [3.8, 4) is 0 Å². The molecule has 0 bridgehead atoms. The molecule has 2 atom stereocenters. The minimum atomic E-state index is -4.12. The smallest absolute Gasteiger partial charge is 0.329 e. The zero-order chi connectivity index (χ0) is 22.9. The molecule has 2 rings (SSSR count). The minimum absolute atomic E-state index is 0.0202. The van der Waals surface area contributed by atoms with Crippen LogP contribution in [-0.2, 0) is 24.3 Å². The first-order chi connectivity index (χ1) is 13.7. The van der Waals surface area contributed by atoms with Gasteiger partial charge in [-0.25, -0.2) is 18.4 Å². The summed E-state index contributed by atoms with van der Waals surface area (Å²) in [4.78, 5) is 38.8. The zero-order valence-corrected chi connectivity index (χ0v) is 18.8. The number of carbonyl (C=O) groups excluding carboxylic acids is 3. The molecule has 0 saturated carbocycles. The minimum Gasteiger partial charge on any atom is -0.458 e. The molecule has 1 saturated heterocycles. The normalized spacial score (nSPS) is 18.1. The van der Waals surface area contributed by atoms with Gasteiger partial charge in [-0.15, -0.1) is 0 Å². The van der Waals surface area contributed by atoms with Crippen molar-refractivity contribution in [2.24, 2.45) is 5.14 Å². The summed E-state index contributed by atoms with van der Waals surface area (Å²) in [7, 11) is -4.12. The SMILES string of the molecule is C[C@H](NC(=O)c1ccc(Cl)c(S(N)(=O)=O)c1)C(=O)N1CCC[C@H]1C(=O)OC(C)(C)C. The van der Waals surface area contributed by atoms with Crippen LogP contribution in [0.25, 0.3) is 0 Å². The van der Waals surface area contributed by atoms with Gasteiger partial charge < -0.3 is 15.0 Å². The summed E-state index contributed by atoms with van der Waals surface area (Å²) in [5.41, 5.74) is -0.697. The lowest BCUT2D eigenvalue weighted by molar-refractivity contribution is -0.163. The first kappa shape index (κ1) is 24.1. The average Bonchev–Trinajstić information content (AvgIpc) is 3.08. The van der Waals surface area contributed by atoms with Gasteiger partial charge in [0, 0.05) is 12.1 Å². The third kappa shape index (κ3) is 5.93. The van der Waals surface area contributed by atoms with Gasteiger partial charge in [0.2, 0.25) is 15.9 Å². The van der Waals surface area contributed by atoms with Crippen molar-refractivity contribution in [3.63, 3.8) is 0 Å². The highest BCUT2D eigenvalue weighted by Crippen LogP contribution is 2.23. The lowest BCUT2D eigenvalue weighted by Crippen LogP contribution is -2.51. The second kappa shape index (κ2) is 8.91. The molecule has 1 aliphatic rings. The molecule has 1 heterocycles. The Bertz CT molecular complexity index is 958. The van der Waals surface area contributed by atoms with Crippen molar-refractivity contribution < 1.29 is 27.5 Å². The van der Waals surface area contributed by atoms with Crippen LogP contribution < -0.4 is 10.5 Å². The van der Waals surface area contributed by atoms with E-state index >= 15 is 0 Å². The number of likely N-dealkylation sites (tertiary alicyclic amines) is 1. The number of nitrogens with zero attached hydrogens (tertiary/aromatic N) is 1. The number of carbonyl (C=O) groups is 3. The number of halogens is 1. The number of esters is 1. The first-order valence-corrected chi connectivity index (χ1v) is 11.3. The van der Waals surface area contributed by atoms with Crippen molar-refractivity contribution in [1.29, 1.82) is 0 Å². The van der Waals surface area contributed by atoms with Gasteiger partial charge in [0.05, 0.1) is 5.02 Å². The third-order valence-corrected chi connectivity index (χ3v) is 5.83. The van der Waals surface area contributed by atoms with Gasteiger partial charge in [-0.3, -0.25) is 9.59 Å². The Hall–Kier alpha value is -2.17. The summed E-state index contributed by atoms with van der Waals surface area (Å²) in [5, 5.41) is 7.50. The van der Waals surface area contributed by atoms with E-state index in [4.69, 9.17) is 21.5 Å². The van der Waals surface area contributed by atoms with Gasteiger partial charge in [0.15, 0.2) is 0 Å². The van der Waals surface area contributed by atoms with E-state index in [0.29, 0.717) is 19.4 Å². The number of hydrogen-bond acceptors (Lipinski definition) is 6. The summed E-state index contributed by atoms with van der Waals surface area (Å²) in [6, 6.07) is 1.95. The van der Waals surface area contributed by atoms with Crippen LogP contribution in [0.3, 0.4) is 0 Å². The van der Waals surface area contributed by atoms with Gasteiger partial charge in [0.1, 0.15) is 22.6 Å². The van der Waals surface area contributed by atoms with Gasteiger partial charge >= 0.3 is 5.97 Å². The number of rotatable bonds is 5. The predicted molar refractivity (Wildman–Crippen MR) is 110 cm³/mol. The summed E-state index contributed by atoms with van der Waals surface area (Å²) in [5.74, 6) is -1.59. The number of amides is 2. The van der Waals surface area contributed by atoms with Crippen molar-refractivity contribution in [2.75, 3.05) is 6.54 Å². The van der Waals surface area contributed by atoms with Gasteiger partial charge in [-0.1, -0.05) is 11.6 Å². The largest absolute Gasteiger partial charge is 0.458 e. The maximum Gasteiger partial charge on any atom is 0.329 e. The van der Waals surface area contributed by atoms with Crippen LogP contribution in [0.5, 0.6) is 0 Å².